The fourth-order valence-electron chi connectivity index (χ4n) is 6.31. The van der Waals surface area contributed by atoms with Gasteiger partial charge in [-0.05, 0) is 69.5 Å². The molecule has 4 amide bonds. The molecule has 9 N–H and O–H groups in total. The Hall–Kier alpha value is -4.50. The first-order valence-corrected chi connectivity index (χ1v) is 18.1. The number of nitrogens with zero attached hydrogens (tertiary/aromatic N) is 3. The number of guanidine groups is 1. The number of carbonyl (C=O) groups is 4. The molecule has 2 heterocycles. The predicted octanol–water partition coefficient (Wildman–Crippen LogP) is 0.124. The molecule has 4 rings (SSSR count). The molecule has 2 aromatic rings. The molecule has 0 radical (unpaired) electrons. The van der Waals surface area contributed by atoms with Crippen LogP contribution in [-0.2, 0) is 36.7 Å². The van der Waals surface area contributed by atoms with Crippen LogP contribution in [-0.4, -0.2) is 100 Å². The number of phosphoric ester groups is 1. The molecule has 2 aliphatic heterocycles. The summed E-state index contributed by atoms with van der Waals surface area (Å²) in [6.45, 7) is 0.0401. The van der Waals surface area contributed by atoms with Crippen LogP contribution in [0.4, 0.5) is 0 Å². The first kappa shape index (κ1) is 38.3. The Labute approximate surface area is 291 Å². The highest BCUT2D eigenvalue weighted by molar-refractivity contribution is 7.46. The third-order valence-electron chi connectivity index (χ3n) is 8.86. The predicted molar refractivity (Wildman–Crippen MR) is 185 cm³/mol. The van der Waals surface area contributed by atoms with Crippen molar-refractivity contribution in [2.24, 2.45) is 16.5 Å². The van der Waals surface area contributed by atoms with E-state index in [1.807, 2.05) is 30.3 Å². The molecule has 5 atom stereocenters. The van der Waals surface area contributed by atoms with E-state index in [2.05, 4.69) is 25.5 Å². The van der Waals surface area contributed by atoms with Gasteiger partial charge >= 0.3 is 7.82 Å². The van der Waals surface area contributed by atoms with Gasteiger partial charge in [0.2, 0.25) is 23.6 Å². The van der Waals surface area contributed by atoms with E-state index in [4.69, 9.17) is 21.3 Å². The van der Waals surface area contributed by atoms with Crippen molar-refractivity contribution in [1.82, 2.24) is 25.8 Å². The Morgan fingerprint density at radius 1 is 0.980 bits per heavy atom. The van der Waals surface area contributed by atoms with Crippen molar-refractivity contribution < 1.29 is 38.1 Å². The number of aliphatic imine (C=N–C) groups is 1. The molecule has 0 aliphatic carbocycles. The van der Waals surface area contributed by atoms with Gasteiger partial charge in [0.1, 0.15) is 23.9 Å². The Kier molecular flexibility index (Phi) is 13.4. The maximum absolute atomic E-state index is 14.1. The summed E-state index contributed by atoms with van der Waals surface area (Å²) < 4.78 is 15.8. The number of nitrogens with two attached hydrogens (primary N) is 2. The van der Waals surface area contributed by atoms with E-state index in [1.165, 1.54) is 12.1 Å². The summed E-state index contributed by atoms with van der Waals surface area (Å²) in [5, 5.41) is 8.50. The van der Waals surface area contributed by atoms with Gasteiger partial charge in [-0.2, -0.15) is 0 Å². The quantitative estimate of drug-likeness (QED) is 0.0788. The third kappa shape index (κ3) is 11.0. The van der Waals surface area contributed by atoms with Crippen molar-refractivity contribution in [3.8, 4) is 5.75 Å². The molecule has 0 bridgehead atoms. The summed E-state index contributed by atoms with van der Waals surface area (Å²) in [4.78, 5) is 80.1. The average molecular weight is 715 g/mol. The van der Waals surface area contributed by atoms with Crippen LogP contribution in [0.3, 0.4) is 0 Å². The monoisotopic (exact) mass is 714 g/mol. The van der Waals surface area contributed by atoms with Crippen LogP contribution < -0.4 is 31.9 Å². The first-order valence-electron chi connectivity index (χ1n) is 16.5. The minimum atomic E-state index is -4.71. The number of amides is 4. The zero-order valence-electron chi connectivity index (χ0n) is 28.2. The molecule has 272 valence electrons. The van der Waals surface area contributed by atoms with E-state index in [0.29, 0.717) is 37.7 Å². The number of nitrogens with one attached hydrogen (secondary N) is 3. The maximum Gasteiger partial charge on any atom is 0.524 e. The van der Waals surface area contributed by atoms with Crippen molar-refractivity contribution in [2.75, 3.05) is 20.6 Å². The van der Waals surface area contributed by atoms with Gasteiger partial charge in [0.25, 0.3) is 0 Å². The summed E-state index contributed by atoms with van der Waals surface area (Å²) in [7, 11) is -1.24. The lowest BCUT2D eigenvalue weighted by atomic mass is 9.98. The number of hydrogen-bond acceptors (Lipinski definition) is 8. The largest absolute Gasteiger partial charge is 0.524 e. The van der Waals surface area contributed by atoms with Crippen molar-refractivity contribution in [3.05, 3.63) is 65.7 Å². The van der Waals surface area contributed by atoms with Crippen LogP contribution in [0, 0.1) is 0 Å². The van der Waals surface area contributed by atoms with Crippen molar-refractivity contribution in [2.45, 2.75) is 81.7 Å². The molecule has 16 nitrogen and oxygen atoms in total. The second kappa shape index (κ2) is 17.4. The minimum Gasteiger partial charge on any atom is -0.404 e. The van der Waals surface area contributed by atoms with Crippen LogP contribution in [0.2, 0.25) is 0 Å². The van der Waals surface area contributed by atoms with Gasteiger partial charge in [-0.1, -0.05) is 55.3 Å². The summed E-state index contributed by atoms with van der Waals surface area (Å²) in [6.07, 6.45) is 3.88. The number of hydrogen-bond donors (Lipinski definition) is 7. The van der Waals surface area contributed by atoms with Gasteiger partial charge in [0, 0.05) is 12.6 Å². The highest BCUT2D eigenvalue weighted by Crippen LogP contribution is 2.37. The van der Waals surface area contributed by atoms with E-state index >= 15 is 0 Å². The van der Waals surface area contributed by atoms with Gasteiger partial charge < -0.3 is 36.8 Å². The Morgan fingerprint density at radius 2 is 1.66 bits per heavy atom. The lowest BCUT2D eigenvalue weighted by Crippen LogP contribution is -2.60. The minimum absolute atomic E-state index is 0.0119. The third-order valence-corrected chi connectivity index (χ3v) is 9.30. The number of phosphoric acid groups is 1. The Morgan fingerprint density at radius 3 is 2.30 bits per heavy atom. The topological polar surface area (TPSA) is 242 Å². The van der Waals surface area contributed by atoms with Crippen LogP contribution in [0.25, 0.3) is 0 Å². The highest BCUT2D eigenvalue weighted by Gasteiger charge is 2.45. The van der Waals surface area contributed by atoms with Gasteiger partial charge in [0.05, 0.1) is 12.6 Å². The van der Waals surface area contributed by atoms with E-state index in [9.17, 15) is 23.7 Å². The number of rotatable bonds is 14. The lowest BCUT2D eigenvalue weighted by molar-refractivity contribution is -0.145. The molecule has 2 aliphatic rings. The standard InChI is InChI=1S/C33H47N8O8P/c1-40(2)28(18-21-12-15-24(16-13-21)49-50(46,47)48)31(44)38-25-11-7-6-10-23-14-17-27(41(23)32(25)45)30(43)39-26(20-37-33(34)35)29(42)36-19-22-8-4-3-5-9-22/h3-5,8-9,12-13,15-16,23,25-28H,6-7,10-11,14,17-20H2,1-2H3,(H,36,42)(H,38,44)(H,39,43)(H4,34,35,37)(H2,46,47,48)/t23?,25-,26-,27-,28-/m0/s1. The molecular weight excluding hydrogens is 667 g/mol. The number of carbonyl (C=O) groups excluding carboxylic acids is 4. The normalized spacial score (nSPS) is 20.5. The van der Waals surface area contributed by atoms with Crippen molar-refractivity contribution in [3.63, 3.8) is 0 Å². The summed E-state index contributed by atoms with van der Waals surface area (Å²) >= 11 is 0. The van der Waals surface area contributed by atoms with Gasteiger partial charge in [-0.15, -0.1) is 0 Å². The molecule has 0 spiro atoms. The average Bonchev–Trinajstić information content (AvgIpc) is 3.48. The second-order valence-electron chi connectivity index (χ2n) is 12.8. The van der Waals surface area contributed by atoms with E-state index in [1.54, 1.807) is 36.0 Å². The highest BCUT2D eigenvalue weighted by atomic mass is 31.2. The van der Waals surface area contributed by atoms with Crippen molar-refractivity contribution >= 4 is 37.4 Å². The van der Waals surface area contributed by atoms with Gasteiger partial charge in [0.15, 0.2) is 5.96 Å². The van der Waals surface area contributed by atoms with Crippen LogP contribution in [0.1, 0.15) is 49.7 Å². The summed E-state index contributed by atoms with van der Waals surface area (Å²) in [5.74, 6) is -1.97. The van der Waals surface area contributed by atoms with Crippen LogP contribution in [0.15, 0.2) is 59.6 Å². The molecule has 2 saturated heterocycles. The van der Waals surface area contributed by atoms with Crippen LogP contribution in [0.5, 0.6) is 5.75 Å². The van der Waals surface area contributed by atoms with E-state index in [0.717, 1.165) is 12.0 Å². The molecule has 0 saturated carbocycles. The van der Waals surface area contributed by atoms with Gasteiger partial charge in [-0.3, -0.25) is 38.9 Å². The van der Waals surface area contributed by atoms with Crippen LogP contribution >= 0.6 is 7.82 Å². The second-order valence-corrected chi connectivity index (χ2v) is 13.9. The first-order chi connectivity index (χ1) is 23.7. The molecular formula is C33H47N8O8P. The zero-order valence-corrected chi connectivity index (χ0v) is 29.1. The number of benzene rings is 2. The molecule has 17 heteroatoms. The Balaban J connectivity index is 1.45. The zero-order chi connectivity index (χ0) is 36.4. The lowest BCUT2D eigenvalue weighted by Gasteiger charge is -2.36. The Bertz CT molecular complexity index is 1570. The number of fused-ring (bicyclic) bond motifs is 1. The molecule has 2 fully saturated rings. The number of likely N-dealkylation sites (N-methyl/N-ethyl adjacent to an activating group) is 1. The maximum atomic E-state index is 14.1. The van der Waals surface area contributed by atoms with E-state index < -0.39 is 43.8 Å². The fourth-order valence-corrected chi connectivity index (χ4v) is 6.71. The SMILES string of the molecule is CN(C)[C@@H](Cc1ccc(OP(=O)(O)O)cc1)C(=O)N[C@H]1CCCCC2CC[C@@H](C(=O)N[C@@H](CN=C(N)N)C(=O)NCc3ccccc3)N2C1=O. The van der Waals surface area contributed by atoms with Gasteiger partial charge in [-0.25, -0.2) is 4.57 Å². The smallest absolute Gasteiger partial charge is 0.404 e. The fraction of sp³-hybridized carbons (Fsp3) is 0.485. The summed E-state index contributed by atoms with van der Waals surface area (Å²) in [5.41, 5.74) is 12.6. The molecule has 2 aromatic carbocycles. The molecule has 1 unspecified atom stereocenters. The molecule has 0 aromatic heterocycles. The van der Waals surface area contributed by atoms with E-state index in [-0.39, 0.29) is 49.1 Å². The summed E-state index contributed by atoms with van der Waals surface area (Å²) in [6, 6.07) is 11.6. The molecule has 50 heavy (non-hydrogen) atoms. The van der Waals surface area contributed by atoms with Crippen molar-refractivity contribution in [1.29, 1.82) is 0 Å².